The van der Waals surface area contributed by atoms with E-state index in [1.807, 2.05) is 34.6 Å². The monoisotopic (exact) mass is 298 g/mol. The summed E-state index contributed by atoms with van der Waals surface area (Å²) >= 11 is 0. The molecular weight excluding hydrogens is 268 g/mol. The molecule has 0 aromatic heterocycles. The van der Waals surface area contributed by atoms with Crippen LogP contribution in [0.1, 0.15) is 53.9 Å². The van der Waals surface area contributed by atoms with Crippen LogP contribution in [0.25, 0.3) is 0 Å². The lowest BCUT2D eigenvalue weighted by Crippen LogP contribution is -2.43. The molecule has 0 aromatic rings. The molecule has 0 aliphatic carbocycles. The minimum Gasteiger partial charge on any atom is -0.444 e. The number of piperidine rings is 1. The van der Waals surface area contributed by atoms with Crippen molar-refractivity contribution in [1.29, 1.82) is 0 Å². The van der Waals surface area contributed by atoms with Crippen LogP contribution in [0.3, 0.4) is 0 Å². The molecule has 122 valence electrons. The standard InChI is InChI=1S/C16H30N2O3/c1-12(2)10-14(19)17-11-13-6-8-18(9-7-13)15(20)21-16(3,4)5/h12-13H,6-11H2,1-5H3,(H,17,19). The van der Waals surface area contributed by atoms with Crippen LogP contribution in [0.2, 0.25) is 0 Å². The first kappa shape index (κ1) is 17.8. The molecule has 1 aliphatic heterocycles. The Kier molecular flexibility index (Phi) is 6.49. The van der Waals surface area contributed by atoms with Crippen LogP contribution >= 0.6 is 0 Å². The molecule has 1 fully saturated rings. The van der Waals surface area contributed by atoms with Gasteiger partial charge in [-0.1, -0.05) is 13.8 Å². The van der Waals surface area contributed by atoms with Gasteiger partial charge in [-0.2, -0.15) is 0 Å². The lowest BCUT2D eigenvalue weighted by Gasteiger charge is -2.33. The first-order valence-electron chi connectivity index (χ1n) is 7.92. The third-order valence-corrected chi connectivity index (χ3v) is 3.45. The van der Waals surface area contributed by atoms with E-state index in [4.69, 9.17) is 4.74 Å². The second-order valence-electron chi connectivity index (χ2n) is 7.31. The Bertz CT molecular complexity index is 353. The molecule has 0 bridgehead atoms. The summed E-state index contributed by atoms with van der Waals surface area (Å²) in [5.41, 5.74) is -0.446. The van der Waals surface area contributed by atoms with Crippen LogP contribution in [-0.2, 0) is 9.53 Å². The number of likely N-dealkylation sites (tertiary alicyclic amines) is 1. The van der Waals surface area contributed by atoms with Crippen LogP contribution in [0.15, 0.2) is 0 Å². The summed E-state index contributed by atoms with van der Waals surface area (Å²) in [7, 11) is 0. The molecule has 0 saturated carbocycles. The van der Waals surface area contributed by atoms with Crippen molar-refractivity contribution in [2.24, 2.45) is 11.8 Å². The van der Waals surface area contributed by atoms with Gasteiger partial charge in [0.25, 0.3) is 0 Å². The number of hydrogen-bond donors (Lipinski definition) is 1. The maximum absolute atomic E-state index is 11.9. The summed E-state index contributed by atoms with van der Waals surface area (Å²) in [6.45, 7) is 11.8. The zero-order valence-electron chi connectivity index (χ0n) is 14.1. The summed E-state index contributed by atoms with van der Waals surface area (Å²) in [5, 5.41) is 2.99. The van der Waals surface area contributed by atoms with E-state index in [0.29, 0.717) is 37.9 Å². The Morgan fingerprint density at radius 2 is 1.81 bits per heavy atom. The lowest BCUT2D eigenvalue weighted by atomic mass is 9.97. The third-order valence-electron chi connectivity index (χ3n) is 3.45. The van der Waals surface area contributed by atoms with Gasteiger partial charge in [-0.15, -0.1) is 0 Å². The minimum absolute atomic E-state index is 0.125. The number of hydrogen-bond acceptors (Lipinski definition) is 3. The highest BCUT2D eigenvalue weighted by Crippen LogP contribution is 2.19. The quantitative estimate of drug-likeness (QED) is 0.868. The Balaban J connectivity index is 2.26. The van der Waals surface area contributed by atoms with E-state index < -0.39 is 5.60 Å². The number of amides is 2. The van der Waals surface area contributed by atoms with Crippen LogP contribution in [0, 0.1) is 11.8 Å². The van der Waals surface area contributed by atoms with Gasteiger partial charge in [-0.05, 0) is 45.4 Å². The van der Waals surface area contributed by atoms with E-state index >= 15 is 0 Å². The molecule has 1 rings (SSSR count). The molecule has 1 heterocycles. The van der Waals surface area contributed by atoms with Crippen molar-refractivity contribution < 1.29 is 14.3 Å². The number of carbonyl (C=O) groups excluding carboxylic acids is 2. The first-order chi connectivity index (χ1) is 9.67. The lowest BCUT2D eigenvalue weighted by molar-refractivity contribution is -0.122. The Hall–Kier alpha value is -1.26. The predicted octanol–water partition coefficient (Wildman–Crippen LogP) is 2.80. The number of rotatable bonds is 4. The maximum atomic E-state index is 11.9. The molecule has 1 aliphatic rings. The van der Waals surface area contributed by atoms with Crippen molar-refractivity contribution in [1.82, 2.24) is 10.2 Å². The number of ether oxygens (including phenoxy) is 1. The summed E-state index contributed by atoms with van der Waals surface area (Å²) < 4.78 is 5.37. The highest BCUT2D eigenvalue weighted by Gasteiger charge is 2.26. The summed E-state index contributed by atoms with van der Waals surface area (Å²) in [4.78, 5) is 25.3. The van der Waals surface area contributed by atoms with E-state index in [-0.39, 0.29) is 12.0 Å². The molecule has 1 N–H and O–H groups in total. The molecular formula is C16H30N2O3. The Labute approximate surface area is 128 Å². The highest BCUT2D eigenvalue weighted by atomic mass is 16.6. The molecule has 0 aromatic carbocycles. The minimum atomic E-state index is -0.446. The van der Waals surface area contributed by atoms with Gasteiger partial charge in [0, 0.05) is 26.1 Å². The fourth-order valence-corrected chi connectivity index (χ4v) is 2.35. The smallest absolute Gasteiger partial charge is 0.410 e. The van der Waals surface area contributed by atoms with Crippen molar-refractivity contribution in [3.63, 3.8) is 0 Å². The van der Waals surface area contributed by atoms with E-state index in [9.17, 15) is 9.59 Å². The SMILES string of the molecule is CC(C)CC(=O)NCC1CCN(C(=O)OC(C)(C)C)CC1. The van der Waals surface area contributed by atoms with E-state index in [1.54, 1.807) is 4.90 Å². The van der Waals surface area contributed by atoms with Crippen molar-refractivity contribution in [3.8, 4) is 0 Å². The van der Waals surface area contributed by atoms with Gasteiger partial charge in [-0.3, -0.25) is 4.79 Å². The Morgan fingerprint density at radius 3 is 2.29 bits per heavy atom. The second kappa shape index (κ2) is 7.66. The molecule has 0 unspecified atom stereocenters. The van der Waals surface area contributed by atoms with Crippen molar-refractivity contribution >= 4 is 12.0 Å². The van der Waals surface area contributed by atoms with Crippen LogP contribution < -0.4 is 5.32 Å². The third kappa shape index (κ3) is 7.34. The van der Waals surface area contributed by atoms with Crippen molar-refractivity contribution in [2.45, 2.75) is 59.5 Å². The van der Waals surface area contributed by atoms with Gasteiger partial charge in [-0.25, -0.2) is 4.79 Å². The van der Waals surface area contributed by atoms with E-state index in [1.165, 1.54) is 0 Å². The maximum Gasteiger partial charge on any atom is 0.410 e. The van der Waals surface area contributed by atoms with Crippen molar-refractivity contribution in [2.75, 3.05) is 19.6 Å². The fourth-order valence-electron chi connectivity index (χ4n) is 2.35. The van der Waals surface area contributed by atoms with Gasteiger partial charge in [0.1, 0.15) is 5.60 Å². The molecule has 21 heavy (non-hydrogen) atoms. The van der Waals surface area contributed by atoms with Crippen LogP contribution in [-0.4, -0.2) is 42.1 Å². The molecule has 0 atom stereocenters. The number of nitrogens with zero attached hydrogens (tertiary/aromatic N) is 1. The molecule has 0 spiro atoms. The fraction of sp³-hybridized carbons (Fsp3) is 0.875. The number of nitrogens with one attached hydrogen (secondary N) is 1. The zero-order valence-corrected chi connectivity index (χ0v) is 14.1. The second-order valence-corrected chi connectivity index (χ2v) is 7.31. The van der Waals surface area contributed by atoms with Crippen LogP contribution in [0.4, 0.5) is 4.79 Å². The van der Waals surface area contributed by atoms with Crippen molar-refractivity contribution in [3.05, 3.63) is 0 Å². The van der Waals surface area contributed by atoms with E-state index in [2.05, 4.69) is 5.32 Å². The van der Waals surface area contributed by atoms with Gasteiger partial charge < -0.3 is 15.0 Å². The summed E-state index contributed by atoms with van der Waals surface area (Å²) in [6, 6.07) is 0. The average molecular weight is 298 g/mol. The van der Waals surface area contributed by atoms with Gasteiger partial charge in [0.15, 0.2) is 0 Å². The topological polar surface area (TPSA) is 58.6 Å². The Morgan fingerprint density at radius 1 is 1.24 bits per heavy atom. The van der Waals surface area contributed by atoms with E-state index in [0.717, 1.165) is 12.8 Å². The zero-order chi connectivity index (χ0) is 16.0. The highest BCUT2D eigenvalue weighted by molar-refractivity contribution is 5.76. The average Bonchev–Trinajstić information content (AvgIpc) is 2.34. The normalized spacial score (nSPS) is 17.0. The summed E-state index contributed by atoms with van der Waals surface area (Å²) in [5.74, 6) is 0.971. The molecule has 1 saturated heterocycles. The molecule has 5 nitrogen and oxygen atoms in total. The summed E-state index contributed by atoms with van der Waals surface area (Å²) in [6.07, 6.45) is 2.18. The molecule has 2 amide bonds. The van der Waals surface area contributed by atoms with Gasteiger partial charge in [0.05, 0.1) is 0 Å². The molecule has 5 heteroatoms. The number of carbonyl (C=O) groups is 2. The first-order valence-corrected chi connectivity index (χ1v) is 7.92. The van der Waals surface area contributed by atoms with Crippen LogP contribution in [0.5, 0.6) is 0 Å². The predicted molar refractivity (Wildman–Crippen MR) is 83.0 cm³/mol. The van der Waals surface area contributed by atoms with Gasteiger partial charge in [0.2, 0.25) is 5.91 Å². The van der Waals surface area contributed by atoms with Gasteiger partial charge >= 0.3 is 6.09 Å². The molecule has 0 radical (unpaired) electrons. The largest absolute Gasteiger partial charge is 0.444 e.